The number of thiophene rings is 1. The Kier molecular flexibility index (Phi) is 10.8. The van der Waals surface area contributed by atoms with E-state index in [1.165, 1.54) is 12.4 Å². The molecule has 0 bridgehead atoms. The van der Waals surface area contributed by atoms with E-state index in [-0.39, 0.29) is 6.61 Å². The van der Waals surface area contributed by atoms with E-state index >= 15 is 0 Å². The van der Waals surface area contributed by atoms with Crippen LogP contribution >= 0.6 is 11.3 Å². The summed E-state index contributed by atoms with van der Waals surface area (Å²) in [6.07, 6.45) is -1.18. The van der Waals surface area contributed by atoms with Crippen LogP contribution in [0, 0.1) is 11.8 Å². The average molecular weight is 462 g/mol. The van der Waals surface area contributed by atoms with Gasteiger partial charge in [0.05, 0.1) is 30.8 Å². The third-order valence-corrected chi connectivity index (χ3v) is 5.26. The number of carbonyl (C=O) groups excluding carboxylic acids is 2. The highest BCUT2D eigenvalue weighted by molar-refractivity contribution is 7.12. The summed E-state index contributed by atoms with van der Waals surface area (Å²) in [5.41, 5.74) is 2.43. The van der Waals surface area contributed by atoms with Gasteiger partial charge in [-0.2, -0.15) is 0 Å². The smallest absolute Gasteiger partial charge is 0.268 e. The van der Waals surface area contributed by atoms with Gasteiger partial charge in [0.1, 0.15) is 6.04 Å². The number of rotatable bonds is 11. The molecule has 1 aromatic heterocycles. The molecule has 0 saturated carbocycles. The molecule has 32 heavy (non-hydrogen) atoms. The molecule has 0 unspecified atom stereocenters. The lowest BCUT2D eigenvalue weighted by molar-refractivity contribution is -0.133. The van der Waals surface area contributed by atoms with Crippen molar-refractivity contribution in [2.45, 2.75) is 25.6 Å². The highest BCUT2D eigenvalue weighted by Gasteiger charge is 2.25. The number of amides is 2. The molecular formula is C22H27N3O6S. The van der Waals surface area contributed by atoms with Gasteiger partial charge in [0.15, 0.2) is 0 Å². The van der Waals surface area contributed by atoms with Crippen LogP contribution < -0.4 is 16.1 Å². The first-order valence-electron chi connectivity index (χ1n) is 9.97. The van der Waals surface area contributed by atoms with Gasteiger partial charge in [-0.15, -0.1) is 11.3 Å². The molecule has 10 heteroatoms. The van der Waals surface area contributed by atoms with Gasteiger partial charge in [0.2, 0.25) is 0 Å². The van der Waals surface area contributed by atoms with Crippen molar-refractivity contribution in [2.24, 2.45) is 0 Å². The number of nitrogens with one attached hydrogen (secondary N) is 3. The highest BCUT2D eigenvalue weighted by Crippen LogP contribution is 2.15. The van der Waals surface area contributed by atoms with Gasteiger partial charge < -0.3 is 25.6 Å². The zero-order valence-electron chi connectivity index (χ0n) is 17.6. The maximum absolute atomic E-state index is 12.3. The predicted octanol–water partition coefficient (Wildman–Crippen LogP) is 0.231. The van der Waals surface area contributed by atoms with E-state index in [0.29, 0.717) is 31.9 Å². The number of hydrogen-bond acceptors (Lipinski definition) is 8. The fraction of sp³-hybridized carbons (Fsp3) is 0.364. The van der Waals surface area contributed by atoms with E-state index < -0.39 is 24.0 Å². The van der Waals surface area contributed by atoms with Crippen LogP contribution in [0.3, 0.4) is 0 Å². The van der Waals surface area contributed by atoms with Crippen LogP contribution in [0.2, 0.25) is 0 Å². The summed E-state index contributed by atoms with van der Waals surface area (Å²) >= 11 is 1.58. The van der Waals surface area contributed by atoms with Crippen LogP contribution in [0.25, 0.3) is 0 Å². The quantitative estimate of drug-likeness (QED) is 0.122. The van der Waals surface area contributed by atoms with Crippen molar-refractivity contribution in [2.75, 3.05) is 26.4 Å². The molecular weight excluding hydrogens is 434 g/mol. The number of aliphatic hydroxyl groups excluding tert-OH is 2. The van der Waals surface area contributed by atoms with E-state index in [9.17, 15) is 14.7 Å². The summed E-state index contributed by atoms with van der Waals surface area (Å²) in [4.78, 5) is 25.9. The Bertz CT molecular complexity index is 933. The predicted molar refractivity (Wildman–Crippen MR) is 119 cm³/mol. The topological polar surface area (TPSA) is 140 Å². The van der Waals surface area contributed by atoms with Crippen LogP contribution in [0.1, 0.15) is 32.6 Å². The monoisotopic (exact) mass is 461 g/mol. The molecule has 0 fully saturated rings. The maximum atomic E-state index is 12.3. The highest BCUT2D eigenvalue weighted by atomic mass is 32.1. The van der Waals surface area contributed by atoms with Crippen molar-refractivity contribution in [3.05, 3.63) is 57.3 Å². The van der Waals surface area contributed by atoms with Gasteiger partial charge >= 0.3 is 0 Å². The fourth-order valence-electron chi connectivity index (χ4n) is 2.60. The summed E-state index contributed by atoms with van der Waals surface area (Å²) in [5, 5.41) is 32.6. The van der Waals surface area contributed by atoms with Crippen molar-refractivity contribution in [3.63, 3.8) is 0 Å². The molecule has 2 atom stereocenters. The van der Waals surface area contributed by atoms with Crippen molar-refractivity contribution >= 4 is 23.2 Å². The number of hydrogen-bond donors (Lipinski definition) is 6. The molecule has 0 aliphatic heterocycles. The second-order valence-electron chi connectivity index (χ2n) is 6.77. The van der Waals surface area contributed by atoms with Crippen molar-refractivity contribution in [3.8, 4) is 11.8 Å². The van der Waals surface area contributed by atoms with Gasteiger partial charge in [-0.05, 0) is 43.3 Å². The Morgan fingerprint density at radius 2 is 1.88 bits per heavy atom. The molecule has 0 spiro atoms. The summed E-state index contributed by atoms with van der Waals surface area (Å²) in [7, 11) is 0. The van der Waals surface area contributed by atoms with Crippen molar-refractivity contribution in [1.82, 2.24) is 16.1 Å². The Labute approximate surface area is 190 Å². The summed E-state index contributed by atoms with van der Waals surface area (Å²) in [6.45, 7) is 3.65. The van der Waals surface area contributed by atoms with Gasteiger partial charge in [0, 0.05) is 29.1 Å². The molecule has 2 aromatic rings. The number of hydroxylamine groups is 1. The largest absolute Gasteiger partial charge is 0.394 e. The second kappa shape index (κ2) is 13.6. The van der Waals surface area contributed by atoms with Gasteiger partial charge in [-0.25, -0.2) is 5.48 Å². The van der Waals surface area contributed by atoms with Crippen LogP contribution in [-0.4, -0.2) is 65.7 Å². The number of ether oxygens (including phenoxy) is 1. The van der Waals surface area contributed by atoms with Crippen molar-refractivity contribution < 1.29 is 29.7 Å². The van der Waals surface area contributed by atoms with E-state index in [1.807, 2.05) is 12.1 Å². The van der Waals surface area contributed by atoms with Gasteiger partial charge in [-0.1, -0.05) is 11.8 Å². The molecule has 0 aliphatic carbocycles. The molecule has 9 nitrogen and oxygen atoms in total. The van der Waals surface area contributed by atoms with E-state index in [2.05, 4.69) is 22.5 Å². The average Bonchev–Trinajstić information content (AvgIpc) is 3.25. The first-order valence-corrected chi connectivity index (χ1v) is 10.8. The molecule has 0 aliphatic rings. The molecule has 1 aromatic carbocycles. The zero-order chi connectivity index (χ0) is 23.3. The SMILES string of the molecule is C[C@H](O)[C@H](NC(=O)c1ccc(C#Cc2ccc(CNCCOCCO)s2)cc1)C(=O)NO. The summed E-state index contributed by atoms with van der Waals surface area (Å²) < 4.78 is 5.19. The van der Waals surface area contributed by atoms with Gasteiger partial charge in [0.25, 0.3) is 11.8 Å². The number of benzene rings is 1. The minimum absolute atomic E-state index is 0.0235. The van der Waals surface area contributed by atoms with Crippen molar-refractivity contribution in [1.29, 1.82) is 0 Å². The molecule has 1 heterocycles. The zero-order valence-corrected chi connectivity index (χ0v) is 18.4. The van der Waals surface area contributed by atoms with Crippen LogP contribution in [0.4, 0.5) is 0 Å². The lowest BCUT2D eigenvalue weighted by Crippen LogP contribution is -2.51. The standard InChI is InChI=1S/C22H27N3O6S/c1-15(27)20(22(29)25-30)24-21(28)17-5-2-16(3-6-17)4-7-18-8-9-19(32-18)14-23-10-12-31-13-11-26/h2-3,5-6,8-9,15,20,23,26-27,30H,10-14H2,1H3,(H,24,28)(H,25,29)/t15-,20-/m0/s1. The first kappa shape index (κ1) is 25.5. The third-order valence-electron chi connectivity index (χ3n) is 4.26. The normalized spacial score (nSPS) is 12.4. The molecule has 172 valence electrons. The van der Waals surface area contributed by atoms with Crippen LogP contribution in [0.5, 0.6) is 0 Å². The van der Waals surface area contributed by atoms with E-state index in [0.717, 1.165) is 15.3 Å². The summed E-state index contributed by atoms with van der Waals surface area (Å²) in [6, 6.07) is 9.19. The molecule has 0 saturated heterocycles. The Morgan fingerprint density at radius 1 is 1.12 bits per heavy atom. The minimum Gasteiger partial charge on any atom is -0.394 e. The minimum atomic E-state index is -1.28. The van der Waals surface area contributed by atoms with Crippen LogP contribution in [0.15, 0.2) is 36.4 Å². The Balaban J connectivity index is 1.89. The fourth-order valence-corrected chi connectivity index (χ4v) is 3.43. The number of aliphatic hydroxyl groups is 2. The molecule has 2 rings (SSSR count). The lowest BCUT2D eigenvalue weighted by Gasteiger charge is -2.19. The van der Waals surface area contributed by atoms with Crippen LogP contribution in [-0.2, 0) is 16.1 Å². The van der Waals surface area contributed by atoms with E-state index in [4.69, 9.17) is 15.1 Å². The third kappa shape index (κ3) is 8.39. The molecule has 0 radical (unpaired) electrons. The second-order valence-corrected chi connectivity index (χ2v) is 7.94. The first-order chi connectivity index (χ1) is 15.4. The molecule has 2 amide bonds. The molecule has 6 N–H and O–H groups in total. The Hall–Kier alpha value is -2.78. The Morgan fingerprint density at radius 3 is 2.53 bits per heavy atom. The number of carbonyl (C=O) groups is 2. The summed E-state index contributed by atoms with van der Waals surface area (Å²) in [5.74, 6) is 4.67. The lowest BCUT2D eigenvalue weighted by atomic mass is 10.1. The van der Waals surface area contributed by atoms with Gasteiger partial charge in [-0.3, -0.25) is 14.8 Å². The maximum Gasteiger partial charge on any atom is 0.268 e. The van der Waals surface area contributed by atoms with E-state index in [1.54, 1.807) is 35.6 Å².